The van der Waals surface area contributed by atoms with Gasteiger partial charge >= 0.3 is 0 Å². The van der Waals surface area contributed by atoms with Gasteiger partial charge in [-0.05, 0) is 43.9 Å². The molecule has 0 amide bonds. The van der Waals surface area contributed by atoms with Crippen LogP contribution >= 0.6 is 0 Å². The third-order valence-corrected chi connectivity index (χ3v) is 6.91. The number of hydrogen-bond donors (Lipinski definition) is 0. The van der Waals surface area contributed by atoms with Gasteiger partial charge in [0.25, 0.3) is 0 Å². The van der Waals surface area contributed by atoms with Crippen LogP contribution in [-0.4, -0.2) is 49.3 Å². The Morgan fingerprint density at radius 3 is 2.17 bits per heavy atom. The molecule has 0 bridgehead atoms. The molecule has 24 heavy (non-hydrogen) atoms. The molecule has 0 aromatic heterocycles. The van der Waals surface area contributed by atoms with Gasteiger partial charge in [-0.1, -0.05) is 26.0 Å². The van der Waals surface area contributed by atoms with Gasteiger partial charge in [0.05, 0.1) is 11.0 Å². The lowest BCUT2D eigenvalue weighted by atomic mass is 9.99. The molecule has 1 aliphatic rings. The first-order valence-electron chi connectivity index (χ1n) is 8.48. The zero-order valence-electron chi connectivity index (χ0n) is 15.0. The van der Waals surface area contributed by atoms with E-state index >= 15 is 0 Å². The summed E-state index contributed by atoms with van der Waals surface area (Å²) in [4.78, 5) is 2.38. The fraction of sp³-hybridized carbons (Fsp3) is 0.611. The Hall–Kier alpha value is -1.42. The Balaban J connectivity index is 2.11. The van der Waals surface area contributed by atoms with Crippen LogP contribution in [0, 0.1) is 11.3 Å². The second-order valence-electron chi connectivity index (χ2n) is 6.94. The van der Waals surface area contributed by atoms with Gasteiger partial charge in [0.2, 0.25) is 10.0 Å². The van der Waals surface area contributed by atoms with Crippen molar-refractivity contribution < 1.29 is 8.42 Å². The van der Waals surface area contributed by atoms with E-state index in [1.165, 1.54) is 4.31 Å². The van der Waals surface area contributed by atoms with Crippen molar-refractivity contribution in [1.82, 2.24) is 9.21 Å². The predicted octanol–water partition coefficient (Wildman–Crippen LogP) is 2.81. The molecular formula is C18H27N3O2S. The van der Waals surface area contributed by atoms with Gasteiger partial charge < -0.3 is 0 Å². The summed E-state index contributed by atoms with van der Waals surface area (Å²) in [5.41, 5.74) is 0.602. The highest BCUT2D eigenvalue weighted by atomic mass is 32.2. The summed E-state index contributed by atoms with van der Waals surface area (Å²) in [6.07, 6.45) is 1.03. The fourth-order valence-corrected chi connectivity index (χ4v) is 4.33. The molecule has 1 saturated heterocycles. The lowest BCUT2D eigenvalue weighted by molar-refractivity contribution is 0.115. The van der Waals surface area contributed by atoms with Crippen LogP contribution in [0.1, 0.15) is 45.6 Å². The molecule has 0 aliphatic carbocycles. The second kappa shape index (κ2) is 7.22. The van der Waals surface area contributed by atoms with E-state index < -0.39 is 15.6 Å². The molecule has 0 unspecified atom stereocenters. The molecule has 1 aliphatic heterocycles. The highest BCUT2D eigenvalue weighted by molar-refractivity contribution is 7.89. The van der Waals surface area contributed by atoms with Gasteiger partial charge in [0.15, 0.2) is 0 Å². The van der Waals surface area contributed by atoms with Crippen LogP contribution in [0.5, 0.6) is 0 Å². The molecule has 0 N–H and O–H groups in total. The Kier molecular flexibility index (Phi) is 5.69. The molecule has 0 saturated carbocycles. The lowest BCUT2D eigenvalue weighted by Crippen LogP contribution is -2.55. The maximum Gasteiger partial charge on any atom is 0.243 e. The molecule has 1 aromatic carbocycles. The van der Waals surface area contributed by atoms with E-state index in [4.69, 9.17) is 0 Å². The highest BCUT2D eigenvalue weighted by Gasteiger charge is 2.34. The van der Waals surface area contributed by atoms with E-state index in [0.717, 1.165) is 12.0 Å². The topological polar surface area (TPSA) is 64.4 Å². The molecule has 2 rings (SSSR count). The molecule has 1 atom stereocenters. The van der Waals surface area contributed by atoms with E-state index in [1.807, 2.05) is 30.9 Å². The van der Waals surface area contributed by atoms with Gasteiger partial charge in [-0.3, -0.25) is 4.90 Å². The number of rotatable bonds is 5. The van der Waals surface area contributed by atoms with Crippen LogP contribution < -0.4 is 0 Å². The van der Waals surface area contributed by atoms with Crippen LogP contribution in [0.15, 0.2) is 29.2 Å². The molecule has 0 radical (unpaired) electrons. The van der Waals surface area contributed by atoms with Crippen molar-refractivity contribution in [3.8, 4) is 6.07 Å². The Labute approximate surface area is 145 Å². The smallest absolute Gasteiger partial charge is 0.243 e. The van der Waals surface area contributed by atoms with E-state index in [-0.39, 0.29) is 0 Å². The lowest BCUT2D eigenvalue weighted by Gasteiger charge is -2.39. The maximum atomic E-state index is 12.8. The average molecular weight is 350 g/mol. The zero-order chi connectivity index (χ0) is 18.0. The number of nitrogens with zero attached hydrogens (tertiary/aromatic N) is 3. The molecule has 5 nitrogen and oxygen atoms in total. The van der Waals surface area contributed by atoms with E-state index in [2.05, 4.69) is 19.9 Å². The SMILES string of the molecule is CC[C@@H](C)c1ccc(S(=O)(=O)N2CCN(C(C)(C)C#N)CC2)cc1. The zero-order valence-corrected chi connectivity index (χ0v) is 15.8. The summed E-state index contributed by atoms with van der Waals surface area (Å²) in [5, 5.41) is 9.22. The Morgan fingerprint density at radius 2 is 1.71 bits per heavy atom. The van der Waals surface area contributed by atoms with Gasteiger partial charge in [-0.25, -0.2) is 8.42 Å². The Bertz CT molecular complexity index is 697. The third kappa shape index (κ3) is 3.80. The van der Waals surface area contributed by atoms with E-state index in [1.54, 1.807) is 12.1 Å². The van der Waals surface area contributed by atoms with Gasteiger partial charge in [0, 0.05) is 26.2 Å². The second-order valence-corrected chi connectivity index (χ2v) is 8.88. The van der Waals surface area contributed by atoms with Crippen molar-refractivity contribution in [2.45, 2.75) is 50.5 Å². The van der Waals surface area contributed by atoms with Crippen LogP contribution in [-0.2, 0) is 10.0 Å². The standard InChI is InChI=1S/C18H27N3O2S/c1-5-15(2)16-6-8-17(9-7-16)24(22,23)21-12-10-20(11-13-21)18(3,4)14-19/h6-9,15H,5,10-13H2,1-4H3/t15-/m1/s1. The number of benzene rings is 1. The molecule has 0 spiro atoms. The first-order valence-corrected chi connectivity index (χ1v) is 9.92. The normalized spacial score (nSPS) is 19.0. The van der Waals surface area contributed by atoms with Crippen molar-refractivity contribution in [1.29, 1.82) is 5.26 Å². The summed E-state index contributed by atoms with van der Waals surface area (Å²) < 4.78 is 27.1. The number of piperazine rings is 1. The summed E-state index contributed by atoms with van der Waals surface area (Å²) in [5.74, 6) is 0.429. The fourth-order valence-electron chi connectivity index (χ4n) is 2.91. The minimum Gasteiger partial charge on any atom is -0.283 e. The minimum atomic E-state index is -3.46. The number of nitriles is 1. The van der Waals surface area contributed by atoms with Crippen molar-refractivity contribution in [2.75, 3.05) is 26.2 Å². The van der Waals surface area contributed by atoms with Gasteiger partial charge in [0.1, 0.15) is 5.54 Å². The van der Waals surface area contributed by atoms with Crippen molar-refractivity contribution in [3.63, 3.8) is 0 Å². The minimum absolute atomic E-state index is 0.350. The molecule has 1 aromatic rings. The highest BCUT2D eigenvalue weighted by Crippen LogP contribution is 2.24. The maximum absolute atomic E-state index is 12.8. The van der Waals surface area contributed by atoms with Crippen molar-refractivity contribution in [3.05, 3.63) is 29.8 Å². The monoisotopic (exact) mass is 349 g/mol. The summed E-state index contributed by atoms with van der Waals surface area (Å²) in [6.45, 7) is 9.98. The quantitative estimate of drug-likeness (QED) is 0.820. The largest absolute Gasteiger partial charge is 0.283 e. The molecule has 1 heterocycles. The van der Waals surface area contributed by atoms with Gasteiger partial charge in [-0.2, -0.15) is 9.57 Å². The van der Waals surface area contributed by atoms with Crippen LogP contribution in [0.3, 0.4) is 0 Å². The summed E-state index contributed by atoms with van der Waals surface area (Å²) in [6, 6.07) is 9.52. The van der Waals surface area contributed by atoms with Crippen LogP contribution in [0.4, 0.5) is 0 Å². The third-order valence-electron chi connectivity index (χ3n) is 5.00. The predicted molar refractivity (Wildman–Crippen MR) is 95.2 cm³/mol. The molecule has 1 fully saturated rings. The Morgan fingerprint density at radius 1 is 1.17 bits per heavy atom. The van der Waals surface area contributed by atoms with Crippen LogP contribution in [0.2, 0.25) is 0 Å². The molecular weight excluding hydrogens is 322 g/mol. The van der Waals surface area contributed by atoms with E-state index in [0.29, 0.717) is 37.0 Å². The first kappa shape index (κ1) is 18.9. The number of sulfonamides is 1. The van der Waals surface area contributed by atoms with Crippen molar-refractivity contribution >= 4 is 10.0 Å². The number of hydrogen-bond acceptors (Lipinski definition) is 4. The van der Waals surface area contributed by atoms with Crippen molar-refractivity contribution in [2.24, 2.45) is 0 Å². The van der Waals surface area contributed by atoms with E-state index in [9.17, 15) is 13.7 Å². The van der Waals surface area contributed by atoms with Gasteiger partial charge in [-0.15, -0.1) is 0 Å². The summed E-state index contributed by atoms with van der Waals surface area (Å²) >= 11 is 0. The molecule has 6 heteroatoms. The molecule has 132 valence electrons. The first-order chi connectivity index (χ1) is 11.2. The average Bonchev–Trinajstić information content (AvgIpc) is 2.61. The summed E-state index contributed by atoms with van der Waals surface area (Å²) in [7, 11) is -3.46. The van der Waals surface area contributed by atoms with Crippen LogP contribution in [0.25, 0.3) is 0 Å².